The maximum Gasteiger partial charge on any atom is 0.417 e. The lowest BCUT2D eigenvalue weighted by molar-refractivity contribution is -0.137. The van der Waals surface area contributed by atoms with E-state index in [0.29, 0.717) is 44.8 Å². The number of alkyl halides is 3. The van der Waals surface area contributed by atoms with Gasteiger partial charge in [0.25, 0.3) is 5.91 Å². The Hall–Kier alpha value is -2.73. The fraction of sp³-hybridized carbons (Fsp3) is 0.421. The molecule has 0 unspecified atom stereocenters. The summed E-state index contributed by atoms with van der Waals surface area (Å²) >= 11 is 5.71. The summed E-state index contributed by atoms with van der Waals surface area (Å²) in [4.78, 5) is 14.2. The van der Waals surface area contributed by atoms with Crippen molar-refractivity contribution in [3.63, 3.8) is 0 Å². The lowest BCUT2D eigenvalue weighted by Gasteiger charge is -2.31. The molecule has 6 nitrogen and oxygen atoms in total. The number of nitrogens with zero attached hydrogens (tertiary/aromatic N) is 3. The first-order chi connectivity index (χ1) is 13.8. The van der Waals surface area contributed by atoms with Crippen LogP contribution in [0.4, 0.5) is 19.1 Å². The van der Waals surface area contributed by atoms with Gasteiger partial charge in [-0.15, -0.1) is 0 Å². The Morgan fingerprint density at radius 2 is 2.07 bits per heavy atom. The maximum absolute atomic E-state index is 12.8. The van der Waals surface area contributed by atoms with E-state index in [1.54, 1.807) is 11.0 Å². The number of hydrogen-bond donors (Lipinski definition) is 1. The molecule has 1 amide bonds. The molecule has 154 valence electrons. The van der Waals surface area contributed by atoms with Gasteiger partial charge >= 0.3 is 6.18 Å². The summed E-state index contributed by atoms with van der Waals surface area (Å²) in [6.45, 7) is 1.37. The quantitative estimate of drug-likeness (QED) is 0.701. The van der Waals surface area contributed by atoms with Gasteiger partial charge in [-0.2, -0.15) is 18.4 Å². The zero-order valence-corrected chi connectivity index (χ0v) is 16.1. The van der Waals surface area contributed by atoms with Gasteiger partial charge in [0, 0.05) is 37.2 Å². The van der Waals surface area contributed by atoms with Crippen molar-refractivity contribution in [3.05, 3.63) is 46.1 Å². The molecule has 3 rings (SSSR count). The second-order valence-electron chi connectivity index (χ2n) is 6.71. The maximum atomic E-state index is 12.8. The van der Waals surface area contributed by atoms with E-state index >= 15 is 0 Å². The average Bonchev–Trinajstić information content (AvgIpc) is 3.15. The largest absolute Gasteiger partial charge is 0.417 e. The van der Waals surface area contributed by atoms with Crippen LogP contribution in [-0.4, -0.2) is 35.6 Å². The highest BCUT2D eigenvalue weighted by Crippen LogP contribution is 2.35. The number of anilines is 1. The Morgan fingerprint density at radius 3 is 2.69 bits per heavy atom. The smallest absolute Gasteiger partial charge is 0.353 e. The minimum atomic E-state index is -4.56. The monoisotopic (exact) mass is 426 g/mol. The first-order valence-electron chi connectivity index (χ1n) is 9.03. The van der Waals surface area contributed by atoms with Crippen LogP contribution in [0.3, 0.4) is 0 Å². The number of aromatic nitrogens is 1. The number of rotatable bonds is 5. The molecule has 0 bridgehead atoms. The summed E-state index contributed by atoms with van der Waals surface area (Å²) in [6.07, 6.45) is -2.89. The van der Waals surface area contributed by atoms with Gasteiger partial charge in [0.2, 0.25) is 5.88 Å². The molecule has 1 saturated heterocycles. The van der Waals surface area contributed by atoms with Gasteiger partial charge in [-0.25, -0.2) is 0 Å². The molecule has 29 heavy (non-hydrogen) atoms. The molecule has 1 fully saturated rings. The van der Waals surface area contributed by atoms with E-state index in [2.05, 4.69) is 10.5 Å². The SMILES string of the molecule is N#CCCNc1cc(C2CCN(C(=O)c3ccc(C(F)(F)F)c(Cl)c3)CC2)no1. The van der Waals surface area contributed by atoms with Crippen LogP contribution in [-0.2, 0) is 6.18 Å². The minimum absolute atomic E-state index is 0.116. The van der Waals surface area contributed by atoms with E-state index in [0.717, 1.165) is 23.9 Å². The highest BCUT2D eigenvalue weighted by Gasteiger charge is 2.34. The van der Waals surface area contributed by atoms with Crippen LogP contribution in [0.2, 0.25) is 5.02 Å². The number of benzene rings is 1. The summed E-state index contributed by atoms with van der Waals surface area (Å²) in [5.74, 6) is 0.261. The third-order valence-corrected chi connectivity index (χ3v) is 5.10. The molecule has 0 radical (unpaired) electrons. The summed E-state index contributed by atoms with van der Waals surface area (Å²) < 4.78 is 43.7. The van der Waals surface area contributed by atoms with E-state index in [1.165, 1.54) is 0 Å². The van der Waals surface area contributed by atoms with E-state index < -0.39 is 16.8 Å². The highest BCUT2D eigenvalue weighted by molar-refractivity contribution is 6.31. The number of nitriles is 1. The molecule has 1 aromatic heterocycles. The number of carbonyl (C=O) groups is 1. The normalized spacial score (nSPS) is 15.2. The molecule has 1 aliphatic rings. The van der Waals surface area contributed by atoms with Crippen molar-refractivity contribution in [2.24, 2.45) is 0 Å². The van der Waals surface area contributed by atoms with Gasteiger partial charge < -0.3 is 14.7 Å². The zero-order chi connectivity index (χ0) is 21.0. The fourth-order valence-corrected chi connectivity index (χ4v) is 3.53. The molecule has 10 heteroatoms. The van der Waals surface area contributed by atoms with E-state index in [4.69, 9.17) is 21.4 Å². The van der Waals surface area contributed by atoms with Crippen molar-refractivity contribution < 1.29 is 22.5 Å². The fourth-order valence-electron chi connectivity index (χ4n) is 3.25. The Balaban J connectivity index is 1.59. The van der Waals surface area contributed by atoms with Crippen molar-refractivity contribution in [1.29, 1.82) is 5.26 Å². The summed E-state index contributed by atoms with van der Waals surface area (Å²) in [6, 6.07) is 6.86. The topological polar surface area (TPSA) is 82.2 Å². The van der Waals surface area contributed by atoms with E-state index in [-0.39, 0.29) is 17.4 Å². The van der Waals surface area contributed by atoms with Crippen molar-refractivity contribution in [2.45, 2.75) is 31.4 Å². The van der Waals surface area contributed by atoms with Gasteiger partial charge in [0.05, 0.1) is 28.8 Å². The molecule has 0 atom stereocenters. The van der Waals surface area contributed by atoms with E-state index in [9.17, 15) is 18.0 Å². The summed E-state index contributed by atoms with van der Waals surface area (Å²) in [5, 5.41) is 15.1. The van der Waals surface area contributed by atoms with Gasteiger partial charge in [-0.3, -0.25) is 4.79 Å². The average molecular weight is 427 g/mol. The highest BCUT2D eigenvalue weighted by atomic mass is 35.5. The Labute approximate surface area is 170 Å². The first kappa shape index (κ1) is 21.0. The summed E-state index contributed by atoms with van der Waals surface area (Å²) in [7, 11) is 0. The first-order valence-corrected chi connectivity index (χ1v) is 9.41. The third kappa shape index (κ3) is 5.01. The molecule has 2 aromatic rings. The van der Waals surface area contributed by atoms with Crippen LogP contribution in [0.5, 0.6) is 0 Å². The predicted molar refractivity (Wildman–Crippen MR) is 99.6 cm³/mol. The van der Waals surface area contributed by atoms with Gasteiger partial charge in [-0.05, 0) is 31.0 Å². The molecule has 2 heterocycles. The molecule has 0 saturated carbocycles. The Kier molecular flexibility index (Phi) is 6.33. The van der Waals surface area contributed by atoms with Crippen LogP contribution >= 0.6 is 11.6 Å². The zero-order valence-electron chi connectivity index (χ0n) is 15.3. The van der Waals surface area contributed by atoms with Crippen molar-refractivity contribution >= 4 is 23.4 Å². The number of piperidine rings is 1. The molecule has 1 N–H and O–H groups in total. The second-order valence-corrected chi connectivity index (χ2v) is 7.12. The molecule has 1 aromatic carbocycles. The molecule has 1 aliphatic heterocycles. The van der Waals surface area contributed by atoms with Crippen molar-refractivity contribution in [2.75, 3.05) is 25.0 Å². The van der Waals surface area contributed by atoms with Gasteiger partial charge in [-0.1, -0.05) is 16.8 Å². The van der Waals surface area contributed by atoms with Crippen molar-refractivity contribution in [1.82, 2.24) is 10.1 Å². The number of carbonyl (C=O) groups excluding carboxylic acids is 1. The van der Waals surface area contributed by atoms with Crippen LogP contribution in [0.15, 0.2) is 28.8 Å². The van der Waals surface area contributed by atoms with Gasteiger partial charge in [0.15, 0.2) is 0 Å². The van der Waals surface area contributed by atoms with Crippen LogP contribution in [0.25, 0.3) is 0 Å². The molecule has 0 aliphatic carbocycles. The predicted octanol–water partition coefficient (Wildman–Crippen LogP) is 4.69. The van der Waals surface area contributed by atoms with Crippen LogP contribution in [0, 0.1) is 11.3 Å². The Bertz CT molecular complexity index is 915. The number of nitrogens with one attached hydrogen (secondary N) is 1. The number of likely N-dealkylation sites (tertiary alicyclic amines) is 1. The number of halogens is 4. The molecule has 0 spiro atoms. The van der Waals surface area contributed by atoms with Crippen molar-refractivity contribution in [3.8, 4) is 6.07 Å². The minimum Gasteiger partial charge on any atom is -0.353 e. The molecular formula is C19H18ClF3N4O2. The lowest BCUT2D eigenvalue weighted by atomic mass is 9.93. The standard InChI is InChI=1S/C19H18ClF3N4O2/c20-15-10-13(2-3-14(15)19(21,22)23)18(28)27-8-4-12(5-9-27)16-11-17(29-26-16)25-7-1-6-24/h2-3,10-12,25H,1,4-5,7-9H2. The lowest BCUT2D eigenvalue weighted by Crippen LogP contribution is -2.38. The van der Waals surface area contributed by atoms with Crippen LogP contribution < -0.4 is 5.32 Å². The molecular weight excluding hydrogens is 409 g/mol. The third-order valence-electron chi connectivity index (χ3n) is 4.79. The van der Waals surface area contributed by atoms with Gasteiger partial charge in [0.1, 0.15) is 0 Å². The second kappa shape index (κ2) is 8.74. The van der Waals surface area contributed by atoms with E-state index in [1.807, 2.05) is 6.07 Å². The summed E-state index contributed by atoms with van der Waals surface area (Å²) in [5.41, 5.74) is -0.0550. The number of amides is 1. The number of hydrogen-bond acceptors (Lipinski definition) is 5. The Morgan fingerprint density at radius 1 is 1.34 bits per heavy atom. The van der Waals surface area contributed by atoms with Crippen LogP contribution in [0.1, 0.15) is 46.8 Å².